The molecular formula is C13H4F18O12S6. The lowest BCUT2D eigenvalue weighted by molar-refractivity contribution is -0.0455. The lowest BCUT2D eigenvalue weighted by Gasteiger charge is -2.19. The van der Waals surface area contributed by atoms with Gasteiger partial charge in [0.25, 0.3) is 59.0 Å². The predicted molar refractivity (Wildman–Crippen MR) is 118 cm³/mol. The molecule has 36 heteroatoms. The molecule has 0 aromatic carbocycles. The number of allylic oxidation sites excluding steroid dienone is 3. The van der Waals surface area contributed by atoms with Crippen molar-refractivity contribution in [1.82, 2.24) is 0 Å². The van der Waals surface area contributed by atoms with Crippen LogP contribution in [0.4, 0.5) is 79.0 Å². The molecule has 0 heterocycles. The van der Waals surface area contributed by atoms with Crippen LogP contribution in [0.3, 0.4) is 0 Å². The molecule has 0 aromatic rings. The van der Waals surface area contributed by atoms with Crippen LogP contribution in [-0.4, -0.2) is 83.6 Å². The van der Waals surface area contributed by atoms with Crippen LogP contribution in [0.2, 0.25) is 0 Å². The minimum Gasteiger partial charge on any atom is -0.214 e. The van der Waals surface area contributed by atoms with Crippen LogP contribution in [0, 0.1) is 5.92 Å². The van der Waals surface area contributed by atoms with E-state index < -0.39 is 129 Å². The summed E-state index contributed by atoms with van der Waals surface area (Å²) in [7, 11) is -51.0. The summed E-state index contributed by atoms with van der Waals surface area (Å²) in [4.78, 5) is 0. The molecule has 0 fully saturated rings. The van der Waals surface area contributed by atoms with Gasteiger partial charge in [0, 0.05) is 5.92 Å². The van der Waals surface area contributed by atoms with E-state index in [-0.39, 0.29) is 0 Å². The second-order valence-corrected chi connectivity index (χ2v) is 20.0. The first kappa shape index (κ1) is 46.7. The standard InChI is InChI=1S/C13H4F18O12S6/c14-8(15,16)44(32,33)5(45(34,35)9(17,18)19)1-4(2-6(46(36,37)10(20,21)22)47(38,39)11(23,24)25)3-7(48(40,41)12(26,27)28)49(42,43)13(29,30)31/h1-4H. The fraction of sp³-hybridized carbons (Fsp3) is 0.538. The van der Waals surface area contributed by atoms with Crippen molar-refractivity contribution in [1.29, 1.82) is 0 Å². The minimum atomic E-state index is -8.49. The van der Waals surface area contributed by atoms with E-state index in [2.05, 4.69) is 0 Å². The largest absolute Gasteiger partial charge is 0.502 e. The molecule has 0 spiro atoms. The van der Waals surface area contributed by atoms with Crippen LogP contribution in [0.1, 0.15) is 0 Å². The maximum absolute atomic E-state index is 13.1. The minimum absolute atomic E-state index is 2.39. The Bertz CT molecular complexity index is 1700. The maximum atomic E-state index is 13.1. The van der Waals surface area contributed by atoms with E-state index in [1.54, 1.807) is 0 Å². The number of alkyl halides is 18. The summed E-state index contributed by atoms with van der Waals surface area (Å²) in [5.74, 6) is -5.15. The maximum Gasteiger partial charge on any atom is 0.502 e. The third kappa shape index (κ3) is 8.76. The van der Waals surface area contributed by atoms with E-state index in [0.717, 1.165) is 0 Å². The third-order valence-corrected chi connectivity index (χ3v) is 16.0. The van der Waals surface area contributed by atoms with Crippen LogP contribution >= 0.6 is 0 Å². The first-order valence-corrected chi connectivity index (χ1v) is 18.6. The van der Waals surface area contributed by atoms with Crippen LogP contribution in [0.25, 0.3) is 0 Å². The number of hydrogen-bond donors (Lipinski definition) is 0. The van der Waals surface area contributed by atoms with Crippen molar-refractivity contribution < 1.29 is 130 Å². The zero-order valence-electron chi connectivity index (χ0n) is 21.0. The summed E-state index contributed by atoms with van der Waals surface area (Å²) in [5, 5.41) is 0. The Kier molecular flexibility index (Phi) is 12.1. The van der Waals surface area contributed by atoms with Gasteiger partial charge in [-0.1, -0.05) is 0 Å². The molecule has 0 N–H and O–H groups in total. The molecule has 0 aliphatic heterocycles. The van der Waals surface area contributed by atoms with E-state index in [0.29, 0.717) is 0 Å². The van der Waals surface area contributed by atoms with Crippen molar-refractivity contribution >= 4 is 59.0 Å². The fourth-order valence-electron chi connectivity index (χ4n) is 2.27. The van der Waals surface area contributed by atoms with Gasteiger partial charge >= 0.3 is 33.0 Å². The lowest BCUT2D eigenvalue weighted by atomic mass is 10.1. The zero-order valence-corrected chi connectivity index (χ0v) is 25.9. The van der Waals surface area contributed by atoms with E-state index in [4.69, 9.17) is 0 Å². The van der Waals surface area contributed by atoms with Crippen LogP contribution in [0.15, 0.2) is 30.9 Å². The second-order valence-electron chi connectivity index (χ2n) is 7.73. The van der Waals surface area contributed by atoms with Gasteiger partial charge in [-0.2, -0.15) is 79.0 Å². The van der Waals surface area contributed by atoms with Gasteiger partial charge in [-0.3, -0.25) is 0 Å². The highest BCUT2D eigenvalue weighted by atomic mass is 32.3. The number of rotatable bonds is 9. The van der Waals surface area contributed by atoms with Crippen molar-refractivity contribution in [2.75, 3.05) is 0 Å². The molecular weight excluding hydrogens is 882 g/mol. The van der Waals surface area contributed by atoms with E-state index in [1.165, 1.54) is 0 Å². The van der Waals surface area contributed by atoms with Gasteiger partial charge in [0.1, 0.15) is 0 Å². The molecule has 0 bridgehead atoms. The van der Waals surface area contributed by atoms with Gasteiger partial charge in [-0.05, 0) is 18.2 Å². The van der Waals surface area contributed by atoms with Gasteiger partial charge in [0.05, 0.1) is 0 Å². The van der Waals surface area contributed by atoms with Crippen molar-refractivity contribution in [3.63, 3.8) is 0 Å². The van der Waals surface area contributed by atoms with E-state index in [9.17, 15) is 130 Å². The highest BCUT2D eigenvalue weighted by molar-refractivity contribution is 8.16. The average molecular weight is 887 g/mol. The van der Waals surface area contributed by atoms with Crippen LogP contribution < -0.4 is 0 Å². The molecule has 0 radical (unpaired) electrons. The summed E-state index contributed by atoms with van der Waals surface area (Å²) in [6.45, 7) is 0. The van der Waals surface area contributed by atoms with Gasteiger partial charge in [0.15, 0.2) is 12.7 Å². The van der Waals surface area contributed by atoms with Crippen LogP contribution in [-0.2, 0) is 59.0 Å². The smallest absolute Gasteiger partial charge is 0.214 e. The molecule has 49 heavy (non-hydrogen) atoms. The summed E-state index contributed by atoms with van der Waals surface area (Å²) >= 11 is 0. The van der Waals surface area contributed by atoms with Crippen molar-refractivity contribution in [3.05, 3.63) is 30.9 Å². The Labute approximate surface area is 258 Å². The topological polar surface area (TPSA) is 205 Å². The molecule has 0 amide bonds. The molecule has 0 atom stereocenters. The van der Waals surface area contributed by atoms with Crippen molar-refractivity contribution in [2.45, 2.75) is 33.0 Å². The molecule has 12 nitrogen and oxygen atoms in total. The molecule has 0 unspecified atom stereocenters. The quantitative estimate of drug-likeness (QED) is 0.304. The summed E-state index contributed by atoms with van der Waals surface area (Å²) in [5.41, 5.74) is -45.1. The Morgan fingerprint density at radius 2 is 0.388 bits per heavy atom. The predicted octanol–water partition coefficient (Wildman–Crippen LogP) is 3.73. The SMILES string of the molecule is O=S(=O)(C(=CC(C=C(S(=O)(=O)C(F)(F)F)S(=O)(=O)C(F)(F)F)C=C(S(=O)(=O)C(F)(F)F)S(=O)(=O)C(F)(F)F)S(=O)(=O)C(F)(F)F)C(F)(F)F. The number of halogens is 18. The third-order valence-electron chi connectivity index (χ3n) is 4.40. The molecule has 290 valence electrons. The Morgan fingerprint density at radius 1 is 0.286 bits per heavy atom. The van der Waals surface area contributed by atoms with Crippen molar-refractivity contribution in [3.8, 4) is 0 Å². The normalized spacial score (nSPS) is 15.5. The first-order valence-electron chi connectivity index (χ1n) is 9.72. The molecule has 0 saturated carbocycles. The van der Waals surface area contributed by atoms with Gasteiger partial charge in [-0.15, -0.1) is 0 Å². The summed E-state index contributed by atoms with van der Waals surface area (Å²) < 4.78 is 362. The number of hydrogen-bond acceptors (Lipinski definition) is 12. The highest BCUT2D eigenvalue weighted by Gasteiger charge is 2.63. The molecule has 0 saturated heterocycles. The molecule has 0 aliphatic rings. The van der Waals surface area contributed by atoms with Crippen LogP contribution in [0.5, 0.6) is 0 Å². The number of sulfone groups is 6. The first-order chi connectivity index (χ1) is 20.7. The van der Waals surface area contributed by atoms with E-state index >= 15 is 0 Å². The monoisotopic (exact) mass is 886 g/mol. The Balaban J connectivity index is 9.74. The van der Waals surface area contributed by atoms with Gasteiger partial charge < -0.3 is 0 Å². The Morgan fingerprint density at radius 3 is 0.469 bits per heavy atom. The molecule has 0 rings (SSSR count). The Hall–Kier alpha value is -2.34. The van der Waals surface area contributed by atoms with Gasteiger partial charge in [0.2, 0.25) is 0 Å². The average Bonchev–Trinajstić information content (AvgIpc) is 2.78. The fourth-order valence-corrected chi connectivity index (χ4v) is 10.8. The summed E-state index contributed by atoms with van der Waals surface area (Å²) in [6.07, 6.45) is -7.16. The summed E-state index contributed by atoms with van der Waals surface area (Å²) in [6, 6.07) is 0. The lowest BCUT2D eigenvalue weighted by Crippen LogP contribution is -2.36. The second kappa shape index (κ2) is 12.7. The zero-order chi connectivity index (χ0) is 40.4. The highest BCUT2D eigenvalue weighted by Crippen LogP contribution is 2.44. The molecule has 0 aliphatic carbocycles. The van der Waals surface area contributed by atoms with E-state index in [1.807, 2.05) is 0 Å². The molecule has 0 aromatic heterocycles. The van der Waals surface area contributed by atoms with Crippen molar-refractivity contribution in [2.24, 2.45) is 5.92 Å². The van der Waals surface area contributed by atoms with Gasteiger partial charge in [-0.25, -0.2) is 50.5 Å².